The van der Waals surface area contributed by atoms with Crippen LogP contribution < -0.4 is 15.1 Å². The first-order valence-corrected chi connectivity index (χ1v) is 10.8. The van der Waals surface area contributed by atoms with Crippen LogP contribution in [0.4, 0.5) is 16.2 Å². The summed E-state index contributed by atoms with van der Waals surface area (Å²) in [6.45, 7) is 12.5. The highest BCUT2D eigenvalue weighted by molar-refractivity contribution is 5.74. The first-order valence-electron chi connectivity index (χ1n) is 10.8. The Balaban J connectivity index is 1.49. The van der Waals surface area contributed by atoms with Crippen molar-refractivity contribution in [2.24, 2.45) is 0 Å². The van der Waals surface area contributed by atoms with Crippen molar-refractivity contribution >= 4 is 17.4 Å². The molecule has 0 bridgehead atoms. The summed E-state index contributed by atoms with van der Waals surface area (Å²) in [5, 5.41) is 3.06. The number of carbonyl (C=O) groups excluding carboxylic acids is 1. The van der Waals surface area contributed by atoms with Crippen molar-refractivity contribution in [1.82, 2.24) is 10.2 Å². The van der Waals surface area contributed by atoms with E-state index in [2.05, 4.69) is 66.2 Å². The van der Waals surface area contributed by atoms with Gasteiger partial charge in [-0.05, 0) is 56.5 Å². The predicted molar refractivity (Wildman–Crippen MR) is 122 cm³/mol. The van der Waals surface area contributed by atoms with Gasteiger partial charge in [-0.1, -0.05) is 30.3 Å². The van der Waals surface area contributed by atoms with Crippen LogP contribution in [0.15, 0.2) is 48.5 Å². The van der Waals surface area contributed by atoms with Gasteiger partial charge in [0.25, 0.3) is 0 Å². The molecular weight excluding hydrogens is 360 g/mol. The van der Waals surface area contributed by atoms with Crippen molar-refractivity contribution in [1.29, 1.82) is 0 Å². The van der Waals surface area contributed by atoms with Gasteiger partial charge in [-0.15, -0.1) is 0 Å². The lowest BCUT2D eigenvalue weighted by atomic mass is 10.1. The number of benzene rings is 2. The second-order valence-electron chi connectivity index (χ2n) is 7.58. The van der Waals surface area contributed by atoms with E-state index in [0.29, 0.717) is 6.54 Å². The molecule has 0 unspecified atom stereocenters. The van der Waals surface area contributed by atoms with Crippen LogP contribution in [0, 0.1) is 6.92 Å². The lowest BCUT2D eigenvalue weighted by molar-refractivity contribution is 0.194. The topological polar surface area (TPSA) is 38.8 Å². The molecule has 3 rings (SSSR count). The minimum atomic E-state index is 0.0502. The summed E-state index contributed by atoms with van der Waals surface area (Å²) >= 11 is 0. The van der Waals surface area contributed by atoms with Gasteiger partial charge in [0.2, 0.25) is 0 Å². The van der Waals surface area contributed by atoms with Crippen LogP contribution in [0.25, 0.3) is 0 Å². The molecule has 2 amide bonds. The SMILES string of the molecule is CCN(CC)c1ccc(N2CCN(C(=O)NCCc3ccccc3)CC2)c(C)c1. The van der Waals surface area contributed by atoms with Crippen LogP contribution in [0.5, 0.6) is 0 Å². The largest absolute Gasteiger partial charge is 0.372 e. The van der Waals surface area contributed by atoms with E-state index in [-0.39, 0.29) is 6.03 Å². The molecule has 0 spiro atoms. The highest BCUT2D eigenvalue weighted by Gasteiger charge is 2.22. The maximum atomic E-state index is 12.5. The zero-order chi connectivity index (χ0) is 20.6. The fourth-order valence-corrected chi connectivity index (χ4v) is 4.00. The molecule has 0 aromatic heterocycles. The molecule has 2 aromatic rings. The van der Waals surface area contributed by atoms with E-state index in [1.54, 1.807) is 0 Å². The minimum absolute atomic E-state index is 0.0502. The summed E-state index contributed by atoms with van der Waals surface area (Å²) < 4.78 is 0. The molecular formula is C24H34N4O. The van der Waals surface area contributed by atoms with Crippen molar-refractivity contribution in [3.05, 3.63) is 59.7 Å². The summed E-state index contributed by atoms with van der Waals surface area (Å²) in [5.74, 6) is 0. The van der Waals surface area contributed by atoms with Gasteiger partial charge in [0.05, 0.1) is 0 Å². The summed E-state index contributed by atoms with van der Waals surface area (Å²) in [7, 11) is 0. The zero-order valence-electron chi connectivity index (χ0n) is 18.0. The number of rotatable bonds is 7. The molecule has 29 heavy (non-hydrogen) atoms. The Morgan fingerprint density at radius 3 is 2.31 bits per heavy atom. The monoisotopic (exact) mass is 394 g/mol. The van der Waals surface area contributed by atoms with E-state index < -0.39 is 0 Å². The lowest BCUT2D eigenvalue weighted by Gasteiger charge is -2.37. The molecule has 0 saturated carbocycles. The normalized spacial score (nSPS) is 14.0. The van der Waals surface area contributed by atoms with Crippen LogP contribution in [0.1, 0.15) is 25.0 Å². The first-order chi connectivity index (χ1) is 14.1. The van der Waals surface area contributed by atoms with E-state index in [1.165, 1.54) is 22.5 Å². The molecule has 5 heteroatoms. The smallest absolute Gasteiger partial charge is 0.317 e. The summed E-state index contributed by atoms with van der Waals surface area (Å²) in [5.41, 5.74) is 5.12. The number of aryl methyl sites for hydroxylation is 1. The summed E-state index contributed by atoms with van der Waals surface area (Å²) in [6, 6.07) is 17.1. The van der Waals surface area contributed by atoms with Gasteiger partial charge < -0.3 is 20.0 Å². The first kappa shape index (κ1) is 21.0. The van der Waals surface area contributed by atoms with Crippen LogP contribution in [0.3, 0.4) is 0 Å². The predicted octanol–water partition coefficient (Wildman–Crippen LogP) is 3.92. The number of amides is 2. The number of urea groups is 1. The van der Waals surface area contributed by atoms with Crippen molar-refractivity contribution < 1.29 is 4.79 Å². The van der Waals surface area contributed by atoms with Crippen molar-refractivity contribution in [2.45, 2.75) is 27.2 Å². The Kier molecular flexibility index (Phi) is 7.39. The number of anilines is 2. The van der Waals surface area contributed by atoms with Gasteiger partial charge in [0.1, 0.15) is 0 Å². The highest BCUT2D eigenvalue weighted by Crippen LogP contribution is 2.26. The molecule has 1 N–H and O–H groups in total. The van der Waals surface area contributed by atoms with Crippen LogP contribution in [0.2, 0.25) is 0 Å². The number of hydrogen-bond donors (Lipinski definition) is 1. The Labute approximate surface area is 175 Å². The quantitative estimate of drug-likeness (QED) is 0.774. The molecule has 0 aliphatic carbocycles. The number of carbonyl (C=O) groups is 1. The fraction of sp³-hybridized carbons (Fsp3) is 0.458. The second kappa shape index (κ2) is 10.2. The van der Waals surface area contributed by atoms with Gasteiger partial charge in [-0.2, -0.15) is 0 Å². The lowest BCUT2D eigenvalue weighted by Crippen LogP contribution is -2.52. The van der Waals surface area contributed by atoms with Crippen LogP contribution in [-0.4, -0.2) is 56.7 Å². The molecule has 1 saturated heterocycles. The third kappa shape index (κ3) is 5.43. The molecule has 1 aliphatic rings. The van der Waals surface area contributed by atoms with E-state index >= 15 is 0 Å². The maximum Gasteiger partial charge on any atom is 0.317 e. The molecule has 1 aliphatic heterocycles. The summed E-state index contributed by atoms with van der Waals surface area (Å²) in [6.07, 6.45) is 0.866. The van der Waals surface area contributed by atoms with Gasteiger partial charge in [0, 0.05) is 57.2 Å². The van der Waals surface area contributed by atoms with Gasteiger partial charge in [-0.3, -0.25) is 0 Å². The van der Waals surface area contributed by atoms with E-state index in [1.807, 2.05) is 23.1 Å². The number of nitrogens with zero attached hydrogens (tertiary/aromatic N) is 3. The van der Waals surface area contributed by atoms with Gasteiger partial charge in [-0.25, -0.2) is 4.79 Å². The third-order valence-electron chi connectivity index (χ3n) is 5.75. The minimum Gasteiger partial charge on any atom is -0.372 e. The Morgan fingerprint density at radius 1 is 1.00 bits per heavy atom. The molecule has 1 fully saturated rings. The molecule has 5 nitrogen and oxygen atoms in total. The standard InChI is InChI=1S/C24H34N4O/c1-4-26(5-2)22-11-12-23(20(3)19-22)27-15-17-28(18-16-27)24(29)25-14-13-21-9-7-6-8-10-21/h6-12,19H,4-5,13-18H2,1-3H3,(H,25,29). The fourth-order valence-electron chi connectivity index (χ4n) is 4.00. The third-order valence-corrected chi connectivity index (χ3v) is 5.75. The molecule has 2 aromatic carbocycles. The average Bonchev–Trinajstić information content (AvgIpc) is 2.75. The van der Waals surface area contributed by atoms with Crippen molar-refractivity contribution in [3.63, 3.8) is 0 Å². The van der Waals surface area contributed by atoms with Crippen molar-refractivity contribution in [3.8, 4) is 0 Å². The van der Waals surface area contributed by atoms with Crippen LogP contribution in [-0.2, 0) is 6.42 Å². The molecule has 1 heterocycles. The Bertz CT molecular complexity index is 781. The Hall–Kier alpha value is -2.69. The summed E-state index contributed by atoms with van der Waals surface area (Å²) in [4.78, 5) is 19.2. The molecule has 0 atom stereocenters. The number of hydrogen-bond acceptors (Lipinski definition) is 3. The Morgan fingerprint density at radius 2 is 1.69 bits per heavy atom. The number of piperazine rings is 1. The van der Waals surface area contributed by atoms with Gasteiger partial charge in [0.15, 0.2) is 0 Å². The van der Waals surface area contributed by atoms with E-state index in [9.17, 15) is 4.79 Å². The van der Waals surface area contributed by atoms with E-state index in [4.69, 9.17) is 0 Å². The van der Waals surface area contributed by atoms with Gasteiger partial charge >= 0.3 is 6.03 Å². The molecule has 156 valence electrons. The second-order valence-corrected chi connectivity index (χ2v) is 7.58. The highest BCUT2D eigenvalue weighted by atomic mass is 16.2. The van der Waals surface area contributed by atoms with Crippen LogP contribution >= 0.6 is 0 Å². The maximum absolute atomic E-state index is 12.5. The zero-order valence-corrected chi connectivity index (χ0v) is 18.0. The number of nitrogens with one attached hydrogen (secondary N) is 1. The molecule has 0 radical (unpaired) electrons. The van der Waals surface area contributed by atoms with Crippen molar-refractivity contribution in [2.75, 3.05) is 55.6 Å². The van der Waals surface area contributed by atoms with E-state index in [0.717, 1.165) is 45.7 Å². The average molecular weight is 395 g/mol.